The zero-order chi connectivity index (χ0) is 9.19. The van der Waals surface area contributed by atoms with E-state index in [1.807, 2.05) is 0 Å². The highest BCUT2D eigenvalue weighted by atomic mass is 79.9. The molecule has 0 saturated heterocycles. The first-order chi connectivity index (χ1) is 5.53. The maximum absolute atomic E-state index is 12.7. The van der Waals surface area contributed by atoms with Gasteiger partial charge in [0, 0.05) is 22.4 Å². The van der Waals surface area contributed by atoms with Crippen LogP contribution in [0.15, 0.2) is 9.22 Å². The average molecular weight is 241 g/mol. The maximum Gasteiger partial charge on any atom is 0.284 e. The molecule has 0 aliphatic carbocycles. The van der Waals surface area contributed by atoms with Crippen LogP contribution < -0.4 is 0 Å². The highest BCUT2D eigenvalue weighted by molar-refractivity contribution is 9.10. The molecular formula is C6H7BrF2N2O. The van der Waals surface area contributed by atoms with E-state index in [0.29, 0.717) is 0 Å². The molecule has 0 aliphatic rings. The highest BCUT2D eigenvalue weighted by Crippen LogP contribution is 2.23. The van der Waals surface area contributed by atoms with Gasteiger partial charge >= 0.3 is 0 Å². The molecule has 0 spiro atoms. The lowest BCUT2D eigenvalue weighted by Gasteiger charge is -2.09. The van der Waals surface area contributed by atoms with Crippen LogP contribution in [0, 0.1) is 0 Å². The first-order valence-electron chi connectivity index (χ1n) is 3.39. The number of hydrogen-bond acceptors (Lipinski definition) is 3. The molecule has 68 valence electrons. The second-order valence-electron chi connectivity index (χ2n) is 2.34. The van der Waals surface area contributed by atoms with Crippen LogP contribution in [0.25, 0.3) is 0 Å². The molecule has 1 aromatic heterocycles. The first-order valence-corrected chi connectivity index (χ1v) is 4.18. The summed E-state index contributed by atoms with van der Waals surface area (Å²) in [5.41, 5.74) is 0. The van der Waals surface area contributed by atoms with Gasteiger partial charge in [0.2, 0.25) is 5.89 Å². The predicted molar refractivity (Wildman–Crippen MR) is 40.9 cm³/mol. The molecule has 0 bridgehead atoms. The van der Waals surface area contributed by atoms with E-state index in [2.05, 4.69) is 26.1 Å². The van der Waals surface area contributed by atoms with E-state index in [-0.39, 0.29) is 17.1 Å². The first kappa shape index (κ1) is 9.57. The lowest BCUT2D eigenvalue weighted by atomic mass is 10.2. The van der Waals surface area contributed by atoms with Crippen LogP contribution in [-0.4, -0.2) is 16.1 Å². The van der Waals surface area contributed by atoms with Crippen molar-refractivity contribution in [3.63, 3.8) is 0 Å². The Hall–Kier alpha value is -0.520. The summed E-state index contributed by atoms with van der Waals surface area (Å²) in [5.74, 6) is -2.81. The minimum Gasteiger partial charge on any atom is -0.415 e. The minimum absolute atomic E-state index is 0.0475. The normalized spacial score (nSPS) is 12.0. The number of hydrogen-bond donors (Lipinski definition) is 0. The Bertz CT molecular complexity index is 264. The van der Waals surface area contributed by atoms with Gasteiger partial charge < -0.3 is 4.42 Å². The molecule has 3 nitrogen and oxygen atoms in total. The summed E-state index contributed by atoms with van der Waals surface area (Å²) >= 11 is 2.88. The van der Waals surface area contributed by atoms with Gasteiger partial charge in [-0.05, 0) is 0 Å². The standard InChI is InChI=1S/C6H7BrF2N2O/c1-2-6(8,9)3-4-10-11-5(7)12-4/h2-3H2,1H3. The molecule has 0 atom stereocenters. The third-order valence-corrected chi connectivity index (χ3v) is 1.69. The summed E-state index contributed by atoms with van der Waals surface area (Å²) in [6, 6.07) is 0. The van der Waals surface area contributed by atoms with E-state index >= 15 is 0 Å². The van der Waals surface area contributed by atoms with Crippen molar-refractivity contribution in [1.29, 1.82) is 0 Å². The Morgan fingerprint density at radius 3 is 2.58 bits per heavy atom. The van der Waals surface area contributed by atoms with E-state index in [1.165, 1.54) is 6.92 Å². The van der Waals surface area contributed by atoms with Gasteiger partial charge in [0.25, 0.3) is 10.7 Å². The van der Waals surface area contributed by atoms with E-state index in [0.717, 1.165) is 0 Å². The van der Waals surface area contributed by atoms with E-state index in [4.69, 9.17) is 4.42 Å². The van der Waals surface area contributed by atoms with E-state index in [9.17, 15) is 8.78 Å². The van der Waals surface area contributed by atoms with Crippen molar-refractivity contribution in [3.05, 3.63) is 10.7 Å². The SMILES string of the molecule is CCC(F)(F)Cc1nnc(Br)o1. The molecule has 1 rings (SSSR count). The Morgan fingerprint density at radius 1 is 1.50 bits per heavy atom. The Labute approximate surface area is 76.3 Å². The molecule has 0 unspecified atom stereocenters. The summed E-state index contributed by atoms with van der Waals surface area (Å²) in [7, 11) is 0. The van der Waals surface area contributed by atoms with Crippen molar-refractivity contribution < 1.29 is 13.2 Å². The molecule has 0 saturated carbocycles. The summed E-state index contributed by atoms with van der Waals surface area (Å²) < 4.78 is 30.1. The Kier molecular flexibility index (Phi) is 2.76. The molecule has 12 heavy (non-hydrogen) atoms. The van der Waals surface area contributed by atoms with E-state index in [1.54, 1.807) is 0 Å². The lowest BCUT2D eigenvalue weighted by molar-refractivity contribution is -0.00812. The van der Waals surface area contributed by atoms with Gasteiger partial charge in [-0.25, -0.2) is 8.78 Å². The molecule has 0 amide bonds. The quantitative estimate of drug-likeness (QED) is 0.815. The summed E-state index contributed by atoms with van der Waals surface area (Å²) in [6.07, 6.45) is -0.727. The maximum atomic E-state index is 12.7. The van der Waals surface area contributed by atoms with Crippen LogP contribution in [0.5, 0.6) is 0 Å². The fraction of sp³-hybridized carbons (Fsp3) is 0.667. The fourth-order valence-corrected chi connectivity index (χ4v) is 0.917. The third kappa shape index (κ3) is 2.51. The molecule has 0 fully saturated rings. The molecule has 0 aromatic carbocycles. The van der Waals surface area contributed by atoms with E-state index < -0.39 is 12.3 Å². The van der Waals surface area contributed by atoms with Crippen molar-refractivity contribution in [1.82, 2.24) is 10.2 Å². The van der Waals surface area contributed by atoms with Gasteiger partial charge in [-0.15, -0.1) is 10.2 Å². The third-order valence-electron chi connectivity index (χ3n) is 1.37. The Morgan fingerprint density at radius 2 is 2.17 bits per heavy atom. The van der Waals surface area contributed by atoms with Gasteiger partial charge in [0.15, 0.2) is 0 Å². The monoisotopic (exact) mass is 240 g/mol. The minimum atomic E-state index is -2.76. The van der Waals surface area contributed by atoms with Crippen LogP contribution >= 0.6 is 15.9 Å². The van der Waals surface area contributed by atoms with Crippen molar-refractivity contribution in [2.24, 2.45) is 0 Å². The molecule has 0 aliphatic heterocycles. The number of nitrogens with zero attached hydrogens (tertiary/aromatic N) is 2. The van der Waals surface area contributed by atoms with Crippen molar-refractivity contribution >= 4 is 15.9 Å². The van der Waals surface area contributed by atoms with Crippen molar-refractivity contribution in [3.8, 4) is 0 Å². The smallest absolute Gasteiger partial charge is 0.284 e. The highest BCUT2D eigenvalue weighted by Gasteiger charge is 2.29. The zero-order valence-electron chi connectivity index (χ0n) is 6.35. The molecular weight excluding hydrogens is 234 g/mol. The number of aromatic nitrogens is 2. The average Bonchev–Trinajstić information content (AvgIpc) is 2.35. The fourth-order valence-electron chi connectivity index (χ4n) is 0.651. The van der Waals surface area contributed by atoms with Gasteiger partial charge in [-0.2, -0.15) is 0 Å². The summed E-state index contributed by atoms with van der Waals surface area (Å²) in [5, 5.41) is 6.81. The molecule has 1 heterocycles. The lowest BCUT2D eigenvalue weighted by Crippen LogP contribution is -2.17. The largest absolute Gasteiger partial charge is 0.415 e. The number of rotatable bonds is 3. The van der Waals surface area contributed by atoms with Crippen molar-refractivity contribution in [2.75, 3.05) is 0 Å². The molecule has 0 radical (unpaired) electrons. The van der Waals surface area contributed by atoms with Gasteiger partial charge in [-0.3, -0.25) is 0 Å². The van der Waals surface area contributed by atoms with Crippen LogP contribution in [-0.2, 0) is 6.42 Å². The molecule has 0 N–H and O–H groups in total. The van der Waals surface area contributed by atoms with Crippen molar-refractivity contribution in [2.45, 2.75) is 25.7 Å². The number of alkyl halides is 2. The molecule has 6 heteroatoms. The van der Waals surface area contributed by atoms with Gasteiger partial charge in [0.1, 0.15) is 0 Å². The van der Waals surface area contributed by atoms with Crippen LogP contribution in [0.4, 0.5) is 8.78 Å². The molecule has 1 aromatic rings. The van der Waals surface area contributed by atoms with Crippen LogP contribution in [0.1, 0.15) is 19.2 Å². The van der Waals surface area contributed by atoms with Gasteiger partial charge in [0.05, 0.1) is 6.42 Å². The topological polar surface area (TPSA) is 38.9 Å². The summed E-state index contributed by atoms with van der Waals surface area (Å²) in [4.78, 5) is 0.129. The van der Waals surface area contributed by atoms with Crippen LogP contribution in [0.2, 0.25) is 0 Å². The Balaban J connectivity index is 2.63. The second-order valence-corrected chi connectivity index (χ2v) is 3.01. The van der Waals surface area contributed by atoms with Crippen LogP contribution in [0.3, 0.4) is 0 Å². The van der Waals surface area contributed by atoms with Gasteiger partial charge in [-0.1, -0.05) is 6.92 Å². The zero-order valence-corrected chi connectivity index (χ0v) is 7.94. The summed E-state index contributed by atoms with van der Waals surface area (Å²) in [6.45, 7) is 1.41. The predicted octanol–water partition coefficient (Wildman–Crippen LogP) is 2.42. The second kappa shape index (κ2) is 3.47. The number of halogens is 3.